The highest BCUT2D eigenvalue weighted by Gasteiger charge is 2.28. The molecule has 0 bridgehead atoms. The number of hydrogen-bond acceptors (Lipinski definition) is 3. The van der Waals surface area contributed by atoms with E-state index in [0.717, 1.165) is 0 Å². The van der Waals surface area contributed by atoms with Crippen molar-refractivity contribution in [3.05, 3.63) is 0 Å². The van der Waals surface area contributed by atoms with E-state index in [4.69, 9.17) is 5.11 Å². The molecule has 88 valence electrons. The summed E-state index contributed by atoms with van der Waals surface area (Å²) in [5, 5.41) is 11.8. The molecule has 5 heteroatoms. The average molecular weight is 216 g/mol. The summed E-state index contributed by atoms with van der Waals surface area (Å²) < 4.78 is 0. The van der Waals surface area contributed by atoms with Gasteiger partial charge in [0.15, 0.2) is 0 Å². The predicted octanol–water partition coefficient (Wildman–Crippen LogP) is 0.164. The number of amides is 1. The summed E-state index contributed by atoms with van der Waals surface area (Å²) in [6.45, 7) is 5.23. The Hall–Kier alpha value is -1.10. The van der Waals surface area contributed by atoms with Crippen LogP contribution >= 0.6 is 0 Å². The summed E-state index contributed by atoms with van der Waals surface area (Å²) in [6.07, 6.45) is 0. The molecule has 1 amide bonds. The van der Waals surface area contributed by atoms with Crippen molar-refractivity contribution in [1.82, 2.24) is 10.2 Å². The Morgan fingerprint density at radius 3 is 2.20 bits per heavy atom. The third kappa shape index (κ3) is 4.29. The van der Waals surface area contributed by atoms with Crippen LogP contribution in [0.4, 0.5) is 0 Å². The lowest BCUT2D eigenvalue weighted by Gasteiger charge is -2.24. The second kappa shape index (κ2) is 5.11. The largest absolute Gasteiger partial charge is 0.481 e. The van der Waals surface area contributed by atoms with E-state index in [2.05, 4.69) is 5.32 Å². The average Bonchev–Trinajstić information content (AvgIpc) is 2.12. The van der Waals surface area contributed by atoms with Crippen LogP contribution in [0.3, 0.4) is 0 Å². The molecule has 0 spiro atoms. The summed E-state index contributed by atoms with van der Waals surface area (Å²) in [5.41, 5.74) is -0.860. The zero-order valence-electron chi connectivity index (χ0n) is 10.00. The minimum absolute atomic E-state index is 0.0591. The van der Waals surface area contributed by atoms with Gasteiger partial charge in [-0.15, -0.1) is 0 Å². The number of likely N-dealkylation sites (N-methyl/N-ethyl adjacent to an activating group) is 1. The van der Waals surface area contributed by atoms with Crippen molar-refractivity contribution in [2.45, 2.75) is 26.8 Å². The van der Waals surface area contributed by atoms with E-state index in [9.17, 15) is 9.59 Å². The molecule has 0 fully saturated rings. The first-order valence-electron chi connectivity index (χ1n) is 4.86. The summed E-state index contributed by atoms with van der Waals surface area (Å²) in [4.78, 5) is 23.7. The van der Waals surface area contributed by atoms with Gasteiger partial charge in [-0.2, -0.15) is 0 Å². The SMILES string of the molecule is CC(NCC(C)(C)C(=O)O)C(=O)N(C)C. The molecule has 1 atom stereocenters. The second-order valence-electron chi connectivity index (χ2n) is 4.52. The monoisotopic (exact) mass is 216 g/mol. The lowest BCUT2D eigenvalue weighted by atomic mass is 9.93. The molecule has 0 aliphatic heterocycles. The number of carbonyl (C=O) groups is 2. The highest BCUT2D eigenvalue weighted by atomic mass is 16.4. The first-order chi connectivity index (χ1) is 6.68. The normalized spacial score (nSPS) is 13.4. The maximum absolute atomic E-state index is 11.4. The van der Waals surface area contributed by atoms with Gasteiger partial charge in [-0.1, -0.05) is 0 Å². The molecule has 0 rings (SSSR count). The van der Waals surface area contributed by atoms with E-state index in [1.165, 1.54) is 4.90 Å². The maximum atomic E-state index is 11.4. The molecule has 0 aromatic rings. The Balaban J connectivity index is 4.17. The Bertz CT molecular complexity index is 249. The number of aliphatic carboxylic acids is 1. The summed E-state index contributed by atoms with van der Waals surface area (Å²) in [5.74, 6) is -0.935. The summed E-state index contributed by atoms with van der Waals surface area (Å²) in [6, 6.07) is -0.362. The van der Waals surface area contributed by atoms with Crippen LogP contribution in [0.1, 0.15) is 20.8 Å². The molecule has 0 radical (unpaired) electrons. The Labute approximate surface area is 90.5 Å². The van der Waals surface area contributed by atoms with Crippen LogP contribution in [0.15, 0.2) is 0 Å². The Morgan fingerprint density at radius 2 is 1.87 bits per heavy atom. The smallest absolute Gasteiger partial charge is 0.310 e. The van der Waals surface area contributed by atoms with Gasteiger partial charge in [0, 0.05) is 20.6 Å². The number of carboxylic acids is 1. The van der Waals surface area contributed by atoms with E-state index < -0.39 is 11.4 Å². The minimum atomic E-state index is -0.875. The summed E-state index contributed by atoms with van der Waals surface area (Å²) in [7, 11) is 3.34. The minimum Gasteiger partial charge on any atom is -0.481 e. The van der Waals surface area contributed by atoms with Crippen molar-refractivity contribution in [3.8, 4) is 0 Å². The lowest BCUT2D eigenvalue weighted by molar-refractivity contribution is -0.147. The third-order valence-electron chi connectivity index (χ3n) is 2.24. The first kappa shape index (κ1) is 13.9. The van der Waals surface area contributed by atoms with E-state index in [0.29, 0.717) is 0 Å². The molecule has 0 aromatic heterocycles. The number of carboxylic acid groups (broad SMARTS) is 1. The third-order valence-corrected chi connectivity index (χ3v) is 2.24. The number of rotatable bonds is 5. The summed E-state index contributed by atoms with van der Waals surface area (Å²) >= 11 is 0. The topological polar surface area (TPSA) is 69.6 Å². The van der Waals surface area contributed by atoms with Crippen LogP contribution in [0.2, 0.25) is 0 Å². The van der Waals surface area contributed by atoms with Gasteiger partial charge in [-0.25, -0.2) is 0 Å². The quantitative estimate of drug-likeness (QED) is 0.687. The highest BCUT2D eigenvalue weighted by Crippen LogP contribution is 2.13. The molecule has 0 saturated heterocycles. The lowest BCUT2D eigenvalue weighted by Crippen LogP contribution is -2.46. The van der Waals surface area contributed by atoms with Crippen LogP contribution in [0.25, 0.3) is 0 Å². The number of nitrogens with zero attached hydrogens (tertiary/aromatic N) is 1. The van der Waals surface area contributed by atoms with E-state index in [1.807, 2.05) is 0 Å². The van der Waals surface area contributed by atoms with Crippen molar-refractivity contribution in [3.63, 3.8) is 0 Å². The van der Waals surface area contributed by atoms with Gasteiger partial charge in [-0.3, -0.25) is 9.59 Å². The molecule has 2 N–H and O–H groups in total. The molecule has 0 aromatic carbocycles. The van der Waals surface area contributed by atoms with Crippen LogP contribution in [0, 0.1) is 5.41 Å². The van der Waals surface area contributed by atoms with Crippen LogP contribution in [-0.4, -0.2) is 48.6 Å². The van der Waals surface area contributed by atoms with Gasteiger partial charge in [0.05, 0.1) is 11.5 Å². The number of nitrogens with one attached hydrogen (secondary N) is 1. The second-order valence-corrected chi connectivity index (χ2v) is 4.52. The fourth-order valence-corrected chi connectivity index (χ4v) is 0.958. The van der Waals surface area contributed by atoms with Crippen molar-refractivity contribution >= 4 is 11.9 Å². The van der Waals surface area contributed by atoms with Crippen LogP contribution < -0.4 is 5.32 Å². The molecule has 0 aliphatic rings. The molecule has 0 saturated carbocycles. The van der Waals surface area contributed by atoms with Crippen molar-refractivity contribution in [2.24, 2.45) is 5.41 Å². The Kier molecular flexibility index (Phi) is 4.74. The molecular formula is C10H20N2O3. The van der Waals surface area contributed by atoms with Gasteiger partial charge >= 0.3 is 5.97 Å². The molecule has 5 nitrogen and oxygen atoms in total. The fourth-order valence-electron chi connectivity index (χ4n) is 0.958. The molecule has 1 unspecified atom stereocenters. The fraction of sp³-hybridized carbons (Fsp3) is 0.800. The molecule has 0 aliphatic carbocycles. The van der Waals surface area contributed by atoms with E-state index in [1.54, 1.807) is 34.9 Å². The standard InChI is InChI=1S/C10H20N2O3/c1-7(8(13)12(4)5)11-6-10(2,3)9(14)15/h7,11H,6H2,1-5H3,(H,14,15). The van der Waals surface area contributed by atoms with Gasteiger partial charge in [0.1, 0.15) is 0 Å². The Morgan fingerprint density at radius 1 is 1.40 bits per heavy atom. The van der Waals surface area contributed by atoms with Crippen molar-refractivity contribution in [2.75, 3.05) is 20.6 Å². The molecule has 15 heavy (non-hydrogen) atoms. The van der Waals surface area contributed by atoms with Gasteiger partial charge in [0.2, 0.25) is 5.91 Å². The van der Waals surface area contributed by atoms with Gasteiger partial charge in [0.25, 0.3) is 0 Å². The van der Waals surface area contributed by atoms with Gasteiger partial charge < -0.3 is 15.3 Å². The molecular weight excluding hydrogens is 196 g/mol. The van der Waals surface area contributed by atoms with Crippen molar-refractivity contribution in [1.29, 1.82) is 0 Å². The van der Waals surface area contributed by atoms with Crippen LogP contribution in [0.5, 0.6) is 0 Å². The number of hydrogen-bond donors (Lipinski definition) is 2. The predicted molar refractivity (Wildman–Crippen MR) is 57.6 cm³/mol. The zero-order chi connectivity index (χ0) is 12.2. The van der Waals surface area contributed by atoms with E-state index >= 15 is 0 Å². The van der Waals surface area contributed by atoms with Crippen LogP contribution in [-0.2, 0) is 9.59 Å². The highest BCUT2D eigenvalue weighted by molar-refractivity contribution is 5.81. The van der Waals surface area contributed by atoms with E-state index in [-0.39, 0.29) is 18.5 Å². The van der Waals surface area contributed by atoms with Gasteiger partial charge in [-0.05, 0) is 20.8 Å². The number of carbonyl (C=O) groups excluding carboxylic acids is 1. The molecule has 0 heterocycles. The maximum Gasteiger partial charge on any atom is 0.310 e. The van der Waals surface area contributed by atoms with Crippen molar-refractivity contribution < 1.29 is 14.7 Å². The first-order valence-corrected chi connectivity index (χ1v) is 4.86. The zero-order valence-corrected chi connectivity index (χ0v) is 10.00.